The van der Waals surface area contributed by atoms with Gasteiger partial charge in [0.1, 0.15) is 11.5 Å². The van der Waals surface area contributed by atoms with Crippen LogP contribution in [0.2, 0.25) is 0 Å². The summed E-state index contributed by atoms with van der Waals surface area (Å²) in [5.74, 6) is 0.836. The van der Waals surface area contributed by atoms with E-state index in [4.69, 9.17) is 14.2 Å². The number of rotatable bonds is 12. The molecule has 0 aliphatic carbocycles. The van der Waals surface area contributed by atoms with Gasteiger partial charge in [0.15, 0.2) is 5.60 Å². The van der Waals surface area contributed by atoms with Gasteiger partial charge in [-0.05, 0) is 63.9 Å². The van der Waals surface area contributed by atoms with Gasteiger partial charge in [-0.25, -0.2) is 9.59 Å². The van der Waals surface area contributed by atoms with E-state index < -0.39 is 11.6 Å². The van der Waals surface area contributed by atoms with Crippen molar-refractivity contribution >= 4 is 5.97 Å². The molecule has 0 aliphatic rings. The van der Waals surface area contributed by atoms with Gasteiger partial charge in [-0.15, -0.1) is 0 Å². The molecule has 0 bridgehead atoms. The summed E-state index contributed by atoms with van der Waals surface area (Å²) in [5.41, 5.74) is 2.19. The van der Waals surface area contributed by atoms with Gasteiger partial charge in [-0.2, -0.15) is 0 Å². The molecule has 3 aromatic rings. The molecule has 7 nitrogen and oxygen atoms in total. The monoisotopic (exact) mass is 480 g/mol. The molecule has 1 aromatic heterocycles. The van der Waals surface area contributed by atoms with Crippen molar-refractivity contribution < 1.29 is 19.0 Å². The normalized spacial score (nSPS) is 11.3. The summed E-state index contributed by atoms with van der Waals surface area (Å²) in [6.45, 7) is 11.2. The molecular weight excluding hydrogens is 444 g/mol. The molecule has 0 atom stereocenters. The van der Waals surface area contributed by atoms with Crippen molar-refractivity contribution in [2.24, 2.45) is 0 Å². The number of carbonyl (C=O) groups is 1. The molecule has 0 radical (unpaired) electrons. The molecule has 0 fully saturated rings. The van der Waals surface area contributed by atoms with Crippen molar-refractivity contribution in [3.8, 4) is 11.5 Å². The first-order valence-corrected chi connectivity index (χ1v) is 12.2. The van der Waals surface area contributed by atoms with E-state index in [2.05, 4.69) is 38.1 Å². The number of nitrogens with zero attached hydrogens (tertiary/aromatic N) is 2. The van der Waals surface area contributed by atoms with E-state index in [1.54, 1.807) is 49.6 Å². The first-order valence-electron chi connectivity index (χ1n) is 12.2. The Morgan fingerprint density at radius 3 is 2.26 bits per heavy atom. The highest BCUT2D eigenvalue weighted by Crippen LogP contribution is 2.23. The molecular formula is C28H36N2O5. The van der Waals surface area contributed by atoms with Crippen molar-refractivity contribution in [3.05, 3.63) is 82.0 Å². The molecule has 188 valence electrons. The molecule has 0 saturated carbocycles. The lowest BCUT2D eigenvalue weighted by atomic mass is 10.1. The molecule has 7 heteroatoms. The van der Waals surface area contributed by atoms with Crippen LogP contribution in [0.15, 0.2) is 59.5 Å². The number of carbonyl (C=O) groups excluding carboxylic acids is 1. The minimum absolute atomic E-state index is 0.00754. The fourth-order valence-electron chi connectivity index (χ4n) is 3.77. The highest BCUT2D eigenvalue weighted by atomic mass is 16.6. The summed E-state index contributed by atoms with van der Waals surface area (Å²) < 4.78 is 20.4. The molecule has 0 saturated heterocycles. The summed E-state index contributed by atoms with van der Waals surface area (Å²) in [7, 11) is 0. The molecule has 2 aromatic carbocycles. The van der Waals surface area contributed by atoms with Crippen LogP contribution in [0.3, 0.4) is 0 Å². The van der Waals surface area contributed by atoms with Crippen molar-refractivity contribution in [1.82, 2.24) is 9.13 Å². The molecule has 0 amide bonds. The smallest absolute Gasteiger partial charge is 0.349 e. The van der Waals surface area contributed by atoms with E-state index in [0.717, 1.165) is 17.7 Å². The predicted octanol–water partition coefficient (Wildman–Crippen LogP) is 4.76. The van der Waals surface area contributed by atoms with Crippen molar-refractivity contribution in [2.75, 3.05) is 13.2 Å². The van der Waals surface area contributed by atoms with E-state index in [0.29, 0.717) is 44.2 Å². The van der Waals surface area contributed by atoms with Crippen LogP contribution in [0.1, 0.15) is 50.9 Å². The van der Waals surface area contributed by atoms with Gasteiger partial charge in [0.2, 0.25) is 0 Å². The Bertz CT molecular complexity index is 1160. The summed E-state index contributed by atoms with van der Waals surface area (Å²) in [6, 6.07) is 15.4. The Morgan fingerprint density at radius 2 is 1.63 bits per heavy atom. The maximum Gasteiger partial charge on any atom is 0.349 e. The fourth-order valence-corrected chi connectivity index (χ4v) is 3.77. The second kappa shape index (κ2) is 11.8. The Balaban J connectivity index is 1.61. The van der Waals surface area contributed by atoms with Gasteiger partial charge in [-0.1, -0.05) is 36.8 Å². The van der Waals surface area contributed by atoms with Crippen LogP contribution in [0.5, 0.6) is 11.5 Å². The molecule has 0 N–H and O–H groups in total. The molecule has 0 aliphatic heterocycles. The highest BCUT2D eigenvalue weighted by molar-refractivity contribution is 5.79. The number of imidazole rings is 1. The van der Waals surface area contributed by atoms with Crippen LogP contribution in [-0.4, -0.2) is 33.9 Å². The summed E-state index contributed by atoms with van der Waals surface area (Å²) in [4.78, 5) is 25.0. The zero-order valence-corrected chi connectivity index (χ0v) is 21.4. The summed E-state index contributed by atoms with van der Waals surface area (Å²) >= 11 is 0. The van der Waals surface area contributed by atoms with Gasteiger partial charge in [0, 0.05) is 24.9 Å². The zero-order valence-electron chi connectivity index (χ0n) is 21.4. The summed E-state index contributed by atoms with van der Waals surface area (Å²) in [5, 5.41) is 0. The third-order valence-corrected chi connectivity index (χ3v) is 5.64. The number of benzene rings is 2. The Kier molecular flexibility index (Phi) is 8.79. The van der Waals surface area contributed by atoms with Crippen LogP contribution < -0.4 is 15.2 Å². The molecule has 35 heavy (non-hydrogen) atoms. The molecule has 3 rings (SSSR count). The third-order valence-electron chi connectivity index (χ3n) is 5.64. The van der Waals surface area contributed by atoms with Gasteiger partial charge in [-0.3, -0.25) is 9.13 Å². The number of hydrogen-bond acceptors (Lipinski definition) is 5. The lowest BCUT2D eigenvalue weighted by molar-refractivity contribution is -0.158. The number of ether oxygens (including phenoxy) is 3. The topological polar surface area (TPSA) is 71.7 Å². The lowest BCUT2D eigenvalue weighted by Crippen LogP contribution is -2.39. The van der Waals surface area contributed by atoms with Crippen LogP contribution in [-0.2, 0) is 29.0 Å². The number of hydrogen-bond donors (Lipinski definition) is 0. The average Bonchev–Trinajstić information content (AvgIpc) is 3.11. The lowest BCUT2D eigenvalue weighted by Gasteiger charge is -2.24. The number of aromatic nitrogens is 2. The standard InChI is InChI=1S/C28H36N2O5/c1-6-17-30-23(20-29(27(30)32)19-22-10-8-21(3)9-11-22)16-18-34-24-12-14-25(15-13-24)35-28(4,5)26(31)33-7-2/h8-15,20H,6-7,16-19H2,1-5H3. The maximum absolute atomic E-state index is 13.0. The second-order valence-electron chi connectivity index (χ2n) is 9.07. The molecule has 0 spiro atoms. The first kappa shape index (κ1) is 26.1. The van der Waals surface area contributed by atoms with E-state index in [9.17, 15) is 9.59 Å². The maximum atomic E-state index is 13.0. The van der Waals surface area contributed by atoms with Gasteiger partial charge in [0.25, 0.3) is 0 Å². The van der Waals surface area contributed by atoms with Gasteiger partial charge < -0.3 is 14.2 Å². The van der Waals surface area contributed by atoms with Crippen molar-refractivity contribution in [2.45, 2.75) is 66.2 Å². The Morgan fingerprint density at radius 1 is 0.971 bits per heavy atom. The second-order valence-corrected chi connectivity index (χ2v) is 9.07. The fraction of sp³-hybridized carbons (Fsp3) is 0.429. The number of esters is 1. The third kappa shape index (κ3) is 7.01. The molecule has 1 heterocycles. The summed E-state index contributed by atoms with van der Waals surface area (Å²) in [6.07, 6.45) is 3.44. The SMILES string of the molecule is CCCn1c(CCOc2ccc(OC(C)(C)C(=O)OCC)cc2)cn(Cc2ccc(C)cc2)c1=O. The Labute approximate surface area is 207 Å². The van der Waals surface area contributed by atoms with Crippen LogP contribution >= 0.6 is 0 Å². The van der Waals surface area contributed by atoms with Crippen molar-refractivity contribution in [3.63, 3.8) is 0 Å². The minimum Gasteiger partial charge on any atom is -0.493 e. The number of aryl methyl sites for hydroxylation is 1. The van der Waals surface area contributed by atoms with Gasteiger partial charge in [0.05, 0.1) is 19.8 Å². The van der Waals surface area contributed by atoms with Crippen LogP contribution in [0, 0.1) is 6.92 Å². The zero-order chi connectivity index (χ0) is 25.4. The van der Waals surface area contributed by atoms with E-state index in [-0.39, 0.29) is 5.69 Å². The van der Waals surface area contributed by atoms with Crippen molar-refractivity contribution in [1.29, 1.82) is 0 Å². The van der Waals surface area contributed by atoms with Crippen LogP contribution in [0.4, 0.5) is 0 Å². The minimum atomic E-state index is -1.08. The van der Waals surface area contributed by atoms with E-state index in [1.807, 2.05) is 10.8 Å². The highest BCUT2D eigenvalue weighted by Gasteiger charge is 2.31. The average molecular weight is 481 g/mol. The van der Waals surface area contributed by atoms with Gasteiger partial charge >= 0.3 is 11.7 Å². The molecule has 0 unspecified atom stereocenters. The largest absolute Gasteiger partial charge is 0.493 e. The first-order chi connectivity index (χ1) is 16.7. The van der Waals surface area contributed by atoms with E-state index in [1.165, 1.54) is 5.56 Å². The van der Waals surface area contributed by atoms with Crippen LogP contribution in [0.25, 0.3) is 0 Å². The predicted molar refractivity (Wildman–Crippen MR) is 136 cm³/mol. The quantitative estimate of drug-likeness (QED) is 0.350. The van der Waals surface area contributed by atoms with E-state index >= 15 is 0 Å². The Hall–Kier alpha value is -3.48.